The number of hydrogen-bond donors (Lipinski definition) is 1. The van der Waals surface area contributed by atoms with Crippen molar-refractivity contribution in [1.29, 1.82) is 0 Å². The Hall–Kier alpha value is -4.53. The lowest BCUT2D eigenvalue weighted by molar-refractivity contribution is -0.122. The van der Waals surface area contributed by atoms with E-state index >= 15 is 0 Å². The standard InChI is InChI=1S/C27H26N6O3/c1-17-4-7-22(14-18(17)2)32-16-20(15-26(32)34)27(35)28-21-5-8-23(9-6-21)36-25-11-10-24(29-30-25)33-13-12-19(3)31-33/h4-14,20H,15-16H2,1-3H3,(H,28,35). The van der Waals surface area contributed by atoms with Gasteiger partial charge in [0.2, 0.25) is 17.7 Å². The summed E-state index contributed by atoms with van der Waals surface area (Å²) >= 11 is 0. The molecule has 3 heterocycles. The van der Waals surface area contributed by atoms with Crippen LogP contribution in [0.3, 0.4) is 0 Å². The largest absolute Gasteiger partial charge is 0.438 e. The Morgan fingerprint density at radius 3 is 2.44 bits per heavy atom. The number of ether oxygens (including phenoxy) is 1. The van der Waals surface area contributed by atoms with Gasteiger partial charge in [-0.25, -0.2) is 4.68 Å². The van der Waals surface area contributed by atoms with Gasteiger partial charge in [-0.3, -0.25) is 9.59 Å². The number of amides is 2. The first kappa shape index (κ1) is 23.2. The number of hydrogen-bond acceptors (Lipinski definition) is 6. The van der Waals surface area contributed by atoms with E-state index in [9.17, 15) is 9.59 Å². The van der Waals surface area contributed by atoms with E-state index < -0.39 is 5.92 Å². The molecule has 1 aliphatic heterocycles. The van der Waals surface area contributed by atoms with E-state index in [1.807, 2.05) is 51.2 Å². The zero-order chi connectivity index (χ0) is 25.2. The number of carbonyl (C=O) groups excluding carboxylic acids is 2. The monoisotopic (exact) mass is 482 g/mol. The minimum Gasteiger partial charge on any atom is -0.438 e. The highest BCUT2D eigenvalue weighted by molar-refractivity contribution is 6.03. The van der Waals surface area contributed by atoms with Gasteiger partial charge in [0.05, 0.1) is 11.6 Å². The molecule has 1 saturated heterocycles. The van der Waals surface area contributed by atoms with E-state index in [0.29, 0.717) is 29.7 Å². The van der Waals surface area contributed by atoms with Crippen LogP contribution in [0.4, 0.5) is 11.4 Å². The number of aryl methyl sites for hydroxylation is 3. The fourth-order valence-electron chi connectivity index (χ4n) is 4.03. The Balaban J connectivity index is 1.18. The Labute approximate surface area is 208 Å². The van der Waals surface area contributed by atoms with Crippen molar-refractivity contribution in [3.8, 4) is 17.4 Å². The maximum atomic E-state index is 12.8. The lowest BCUT2D eigenvalue weighted by Gasteiger charge is -2.18. The number of aromatic nitrogens is 4. The van der Waals surface area contributed by atoms with Gasteiger partial charge >= 0.3 is 0 Å². The molecule has 1 unspecified atom stereocenters. The third kappa shape index (κ3) is 4.95. The van der Waals surface area contributed by atoms with Crippen LogP contribution in [0.2, 0.25) is 0 Å². The molecular weight excluding hydrogens is 456 g/mol. The van der Waals surface area contributed by atoms with Gasteiger partial charge in [-0.15, -0.1) is 10.2 Å². The highest BCUT2D eigenvalue weighted by atomic mass is 16.5. The number of nitrogens with zero attached hydrogens (tertiary/aromatic N) is 5. The maximum Gasteiger partial charge on any atom is 0.238 e. The molecule has 36 heavy (non-hydrogen) atoms. The third-order valence-corrected chi connectivity index (χ3v) is 6.23. The summed E-state index contributed by atoms with van der Waals surface area (Å²) < 4.78 is 7.40. The highest BCUT2D eigenvalue weighted by Gasteiger charge is 2.35. The van der Waals surface area contributed by atoms with Crippen molar-refractivity contribution in [2.75, 3.05) is 16.8 Å². The Morgan fingerprint density at radius 1 is 0.972 bits per heavy atom. The maximum absolute atomic E-state index is 12.8. The second-order valence-electron chi connectivity index (χ2n) is 8.92. The second kappa shape index (κ2) is 9.61. The van der Waals surface area contributed by atoms with Gasteiger partial charge in [0.25, 0.3) is 0 Å². The number of carbonyl (C=O) groups is 2. The molecule has 0 bridgehead atoms. The predicted molar refractivity (Wildman–Crippen MR) is 135 cm³/mol. The van der Waals surface area contributed by atoms with Crippen LogP contribution in [0.1, 0.15) is 23.2 Å². The van der Waals surface area contributed by atoms with E-state index in [4.69, 9.17) is 4.74 Å². The van der Waals surface area contributed by atoms with Gasteiger partial charge in [0.15, 0.2) is 5.82 Å². The molecule has 5 rings (SSSR count). The average Bonchev–Trinajstić information content (AvgIpc) is 3.48. The van der Waals surface area contributed by atoms with Gasteiger partial charge in [0.1, 0.15) is 5.75 Å². The lowest BCUT2D eigenvalue weighted by Crippen LogP contribution is -2.28. The smallest absolute Gasteiger partial charge is 0.238 e. The summed E-state index contributed by atoms with van der Waals surface area (Å²) in [7, 11) is 0. The van der Waals surface area contributed by atoms with Gasteiger partial charge in [0, 0.05) is 36.6 Å². The van der Waals surface area contributed by atoms with Crippen molar-refractivity contribution in [2.24, 2.45) is 5.92 Å². The molecular formula is C27H26N6O3. The molecule has 0 radical (unpaired) electrons. The first-order valence-corrected chi connectivity index (χ1v) is 11.7. The zero-order valence-electron chi connectivity index (χ0n) is 20.3. The molecule has 1 fully saturated rings. The van der Waals surface area contributed by atoms with Crippen LogP contribution in [-0.2, 0) is 9.59 Å². The van der Waals surface area contributed by atoms with Crippen LogP contribution < -0.4 is 15.0 Å². The van der Waals surface area contributed by atoms with E-state index in [1.54, 1.807) is 46.0 Å². The van der Waals surface area contributed by atoms with Crippen LogP contribution in [0, 0.1) is 26.7 Å². The topological polar surface area (TPSA) is 102 Å². The summed E-state index contributed by atoms with van der Waals surface area (Å²) in [6.07, 6.45) is 2.00. The molecule has 9 nitrogen and oxygen atoms in total. The molecule has 0 saturated carbocycles. The summed E-state index contributed by atoms with van der Waals surface area (Å²) in [6, 6.07) is 18.3. The SMILES string of the molecule is Cc1ccn(-c2ccc(Oc3ccc(NC(=O)C4CC(=O)N(c5ccc(C)c(C)c5)C4)cc3)nn2)n1. The zero-order valence-corrected chi connectivity index (χ0v) is 20.3. The third-order valence-electron chi connectivity index (χ3n) is 6.23. The van der Waals surface area contributed by atoms with E-state index in [1.165, 1.54) is 5.56 Å². The van der Waals surface area contributed by atoms with Crippen LogP contribution in [0.15, 0.2) is 66.9 Å². The highest BCUT2D eigenvalue weighted by Crippen LogP contribution is 2.28. The van der Waals surface area contributed by atoms with Crippen molar-refractivity contribution in [3.63, 3.8) is 0 Å². The number of nitrogens with one attached hydrogen (secondary N) is 1. The van der Waals surface area contributed by atoms with Crippen molar-refractivity contribution in [3.05, 3.63) is 83.7 Å². The fourth-order valence-corrected chi connectivity index (χ4v) is 4.03. The molecule has 0 spiro atoms. The van der Waals surface area contributed by atoms with E-state index in [-0.39, 0.29) is 18.2 Å². The molecule has 1 aliphatic rings. The molecule has 1 atom stereocenters. The summed E-state index contributed by atoms with van der Waals surface area (Å²) in [6.45, 7) is 6.31. The number of rotatable bonds is 6. The van der Waals surface area contributed by atoms with Crippen LogP contribution >= 0.6 is 0 Å². The van der Waals surface area contributed by atoms with Gasteiger partial charge < -0.3 is 15.0 Å². The van der Waals surface area contributed by atoms with Crippen molar-refractivity contribution in [1.82, 2.24) is 20.0 Å². The minimum atomic E-state index is -0.414. The van der Waals surface area contributed by atoms with E-state index in [2.05, 4.69) is 20.6 Å². The normalized spacial score (nSPS) is 15.2. The predicted octanol–water partition coefficient (Wildman–Crippen LogP) is 4.37. The minimum absolute atomic E-state index is 0.0445. The molecule has 1 N–H and O–H groups in total. The quantitative estimate of drug-likeness (QED) is 0.438. The molecule has 2 aromatic carbocycles. The molecule has 9 heteroatoms. The van der Waals surface area contributed by atoms with Crippen LogP contribution in [0.25, 0.3) is 5.82 Å². The Bertz CT molecular complexity index is 1410. The van der Waals surface area contributed by atoms with Crippen molar-refractivity contribution >= 4 is 23.2 Å². The Kier molecular flexibility index (Phi) is 6.20. The van der Waals surface area contributed by atoms with Gasteiger partial charge in [-0.1, -0.05) is 6.07 Å². The fraction of sp³-hybridized carbons (Fsp3) is 0.222. The summed E-state index contributed by atoms with van der Waals surface area (Å²) in [5.74, 6) is 0.852. The molecule has 182 valence electrons. The summed E-state index contributed by atoms with van der Waals surface area (Å²) in [5, 5.41) is 15.4. The molecule has 0 aliphatic carbocycles. The van der Waals surface area contributed by atoms with Crippen LogP contribution in [0.5, 0.6) is 11.6 Å². The van der Waals surface area contributed by atoms with Crippen molar-refractivity contribution in [2.45, 2.75) is 27.2 Å². The Morgan fingerprint density at radius 2 is 1.78 bits per heavy atom. The second-order valence-corrected chi connectivity index (χ2v) is 8.92. The van der Waals surface area contributed by atoms with Crippen LogP contribution in [-0.4, -0.2) is 38.3 Å². The number of anilines is 2. The van der Waals surface area contributed by atoms with Gasteiger partial charge in [-0.2, -0.15) is 5.10 Å². The summed E-state index contributed by atoms with van der Waals surface area (Å²) in [4.78, 5) is 27.1. The lowest BCUT2D eigenvalue weighted by atomic mass is 10.1. The molecule has 4 aromatic rings. The average molecular weight is 483 g/mol. The first-order chi connectivity index (χ1) is 17.4. The molecule has 2 aromatic heterocycles. The van der Waals surface area contributed by atoms with Crippen molar-refractivity contribution < 1.29 is 14.3 Å². The van der Waals surface area contributed by atoms with E-state index in [0.717, 1.165) is 16.9 Å². The molecule has 2 amide bonds. The van der Waals surface area contributed by atoms with Gasteiger partial charge in [-0.05, 0) is 80.4 Å². The first-order valence-electron chi connectivity index (χ1n) is 11.7. The summed E-state index contributed by atoms with van der Waals surface area (Å²) in [5.41, 5.74) is 4.63. The number of benzene rings is 2.